The molecule has 1 unspecified atom stereocenters. The predicted molar refractivity (Wildman–Crippen MR) is 77.7 cm³/mol. The highest BCUT2D eigenvalue weighted by molar-refractivity contribution is 5.36. The van der Waals surface area contributed by atoms with Crippen molar-refractivity contribution in [3.63, 3.8) is 0 Å². The third-order valence-corrected chi connectivity index (χ3v) is 3.12. The Kier molecular flexibility index (Phi) is 3.52. The van der Waals surface area contributed by atoms with Gasteiger partial charge in [-0.3, -0.25) is 0 Å². The normalized spacial score (nSPS) is 12.1. The molecule has 0 fully saturated rings. The zero-order valence-electron chi connectivity index (χ0n) is 10.9. The number of hydrogen-bond donors (Lipinski definition) is 1. The first kappa shape index (κ1) is 12.5. The molecule has 1 aromatic heterocycles. The average molecular weight is 265 g/mol. The Bertz CT molecular complexity index is 645. The lowest BCUT2D eigenvalue weighted by Gasteiger charge is -2.11. The zero-order chi connectivity index (χ0) is 13.8. The number of hydrogen-bond acceptors (Lipinski definition) is 3. The fourth-order valence-corrected chi connectivity index (χ4v) is 2.01. The summed E-state index contributed by atoms with van der Waals surface area (Å²) in [5, 5.41) is 0. The number of nitrogens with two attached hydrogens (primary N) is 1. The number of furan rings is 1. The van der Waals surface area contributed by atoms with E-state index in [0.717, 1.165) is 22.6 Å². The molecule has 0 aliphatic heterocycles. The Morgan fingerprint density at radius 3 is 2.15 bits per heavy atom. The summed E-state index contributed by atoms with van der Waals surface area (Å²) in [6.45, 7) is 0. The fraction of sp³-hybridized carbons (Fsp3) is 0.0588. The van der Waals surface area contributed by atoms with Gasteiger partial charge in [0.15, 0.2) is 0 Å². The van der Waals surface area contributed by atoms with E-state index >= 15 is 0 Å². The monoisotopic (exact) mass is 265 g/mol. The summed E-state index contributed by atoms with van der Waals surface area (Å²) in [6, 6.07) is 19.2. The van der Waals surface area contributed by atoms with Gasteiger partial charge in [0, 0.05) is 5.56 Å². The van der Waals surface area contributed by atoms with Gasteiger partial charge in [-0.1, -0.05) is 30.3 Å². The number of rotatable bonds is 4. The molecule has 1 heterocycles. The van der Waals surface area contributed by atoms with Crippen LogP contribution in [0.4, 0.5) is 0 Å². The van der Waals surface area contributed by atoms with Crippen LogP contribution in [0.2, 0.25) is 0 Å². The maximum Gasteiger partial charge on any atom is 0.127 e. The van der Waals surface area contributed by atoms with Crippen molar-refractivity contribution in [2.45, 2.75) is 6.04 Å². The molecule has 3 heteroatoms. The molecular weight excluding hydrogens is 250 g/mol. The van der Waals surface area contributed by atoms with Crippen molar-refractivity contribution in [1.82, 2.24) is 0 Å². The van der Waals surface area contributed by atoms with Crippen molar-refractivity contribution in [2.24, 2.45) is 5.73 Å². The molecule has 0 bridgehead atoms. The summed E-state index contributed by atoms with van der Waals surface area (Å²) in [6.07, 6.45) is 3.29. The molecule has 0 aliphatic carbocycles. The van der Waals surface area contributed by atoms with E-state index in [-0.39, 0.29) is 6.04 Å². The van der Waals surface area contributed by atoms with Crippen molar-refractivity contribution < 1.29 is 9.15 Å². The molecule has 0 radical (unpaired) electrons. The van der Waals surface area contributed by atoms with Crippen molar-refractivity contribution in [2.75, 3.05) is 0 Å². The van der Waals surface area contributed by atoms with Crippen LogP contribution in [0.1, 0.15) is 17.2 Å². The molecule has 0 aliphatic rings. The molecule has 0 amide bonds. The molecule has 1 atom stereocenters. The van der Waals surface area contributed by atoms with Gasteiger partial charge in [0.25, 0.3) is 0 Å². The number of ether oxygens (including phenoxy) is 1. The Morgan fingerprint density at radius 2 is 1.50 bits per heavy atom. The number of para-hydroxylation sites is 1. The standard InChI is InChI=1S/C17H15NO2/c18-17(14-10-11-19-12-14)13-6-8-16(9-7-13)20-15-4-2-1-3-5-15/h1-12,17H,18H2. The maximum atomic E-state index is 6.16. The first-order valence-electron chi connectivity index (χ1n) is 6.43. The maximum absolute atomic E-state index is 6.16. The van der Waals surface area contributed by atoms with Crippen molar-refractivity contribution >= 4 is 0 Å². The Balaban J connectivity index is 1.75. The van der Waals surface area contributed by atoms with Crippen LogP contribution in [0, 0.1) is 0 Å². The minimum Gasteiger partial charge on any atom is -0.472 e. The highest BCUT2D eigenvalue weighted by Crippen LogP contribution is 2.25. The predicted octanol–water partition coefficient (Wildman–Crippen LogP) is 4.12. The molecule has 0 saturated carbocycles. The van der Waals surface area contributed by atoms with E-state index in [1.807, 2.05) is 60.7 Å². The highest BCUT2D eigenvalue weighted by Gasteiger charge is 2.10. The third kappa shape index (κ3) is 2.73. The summed E-state index contributed by atoms with van der Waals surface area (Å²) < 4.78 is 10.8. The SMILES string of the molecule is NC(c1ccc(Oc2ccccc2)cc1)c1ccoc1. The first-order chi connectivity index (χ1) is 9.83. The second kappa shape index (κ2) is 5.63. The van der Waals surface area contributed by atoms with Gasteiger partial charge in [-0.2, -0.15) is 0 Å². The van der Waals surface area contributed by atoms with Crippen LogP contribution in [0.15, 0.2) is 77.6 Å². The summed E-state index contributed by atoms with van der Waals surface area (Å²) in [4.78, 5) is 0. The summed E-state index contributed by atoms with van der Waals surface area (Å²) in [5.41, 5.74) is 8.14. The lowest BCUT2D eigenvalue weighted by Crippen LogP contribution is -2.10. The van der Waals surface area contributed by atoms with E-state index in [0.29, 0.717) is 0 Å². The van der Waals surface area contributed by atoms with Crippen LogP contribution < -0.4 is 10.5 Å². The second-order valence-electron chi connectivity index (χ2n) is 4.52. The van der Waals surface area contributed by atoms with Crippen LogP contribution in [-0.2, 0) is 0 Å². The van der Waals surface area contributed by atoms with Crippen molar-refractivity contribution in [3.05, 3.63) is 84.3 Å². The fourth-order valence-electron chi connectivity index (χ4n) is 2.01. The first-order valence-corrected chi connectivity index (χ1v) is 6.43. The molecule has 3 rings (SSSR count). The smallest absolute Gasteiger partial charge is 0.127 e. The van der Waals surface area contributed by atoms with E-state index in [1.54, 1.807) is 12.5 Å². The molecule has 3 nitrogen and oxygen atoms in total. The van der Waals surface area contributed by atoms with E-state index in [9.17, 15) is 0 Å². The zero-order valence-corrected chi connectivity index (χ0v) is 10.9. The minimum absolute atomic E-state index is 0.181. The molecule has 3 aromatic rings. The van der Waals surface area contributed by atoms with Crippen LogP contribution in [-0.4, -0.2) is 0 Å². The average Bonchev–Trinajstić information content (AvgIpc) is 3.03. The van der Waals surface area contributed by atoms with Crippen molar-refractivity contribution in [3.8, 4) is 11.5 Å². The minimum atomic E-state index is -0.181. The Labute approximate surface area is 117 Å². The quantitative estimate of drug-likeness (QED) is 0.772. The van der Waals surface area contributed by atoms with Crippen LogP contribution in [0.3, 0.4) is 0 Å². The van der Waals surface area contributed by atoms with Crippen LogP contribution in [0.25, 0.3) is 0 Å². The van der Waals surface area contributed by atoms with Crippen LogP contribution >= 0.6 is 0 Å². The van der Waals surface area contributed by atoms with Gasteiger partial charge in [0.2, 0.25) is 0 Å². The lowest BCUT2D eigenvalue weighted by atomic mass is 10.0. The molecule has 0 saturated heterocycles. The van der Waals surface area contributed by atoms with E-state index in [4.69, 9.17) is 14.9 Å². The lowest BCUT2D eigenvalue weighted by molar-refractivity contribution is 0.482. The largest absolute Gasteiger partial charge is 0.472 e. The Morgan fingerprint density at radius 1 is 0.800 bits per heavy atom. The molecule has 20 heavy (non-hydrogen) atoms. The van der Waals surface area contributed by atoms with Gasteiger partial charge in [-0.05, 0) is 35.9 Å². The summed E-state index contributed by atoms with van der Waals surface area (Å²) in [5.74, 6) is 1.61. The van der Waals surface area contributed by atoms with E-state index in [2.05, 4.69) is 0 Å². The molecule has 2 N–H and O–H groups in total. The Hall–Kier alpha value is -2.52. The van der Waals surface area contributed by atoms with Gasteiger partial charge >= 0.3 is 0 Å². The topological polar surface area (TPSA) is 48.4 Å². The third-order valence-electron chi connectivity index (χ3n) is 3.12. The van der Waals surface area contributed by atoms with Crippen molar-refractivity contribution in [1.29, 1.82) is 0 Å². The van der Waals surface area contributed by atoms with E-state index < -0.39 is 0 Å². The van der Waals surface area contributed by atoms with Crippen LogP contribution in [0.5, 0.6) is 11.5 Å². The highest BCUT2D eigenvalue weighted by atomic mass is 16.5. The van der Waals surface area contributed by atoms with Gasteiger partial charge in [-0.25, -0.2) is 0 Å². The van der Waals surface area contributed by atoms with E-state index in [1.165, 1.54) is 0 Å². The summed E-state index contributed by atoms with van der Waals surface area (Å²) >= 11 is 0. The van der Waals surface area contributed by atoms with Gasteiger partial charge in [-0.15, -0.1) is 0 Å². The molecule has 0 spiro atoms. The van der Waals surface area contributed by atoms with Gasteiger partial charge in [0.1, 0.15) is 11.5 Å². The van der Waals surface area contributed by atoms with Gasteiger partial charge < -0.3 is 14.9 Å². The summed E-state index contributed by atoms with van der Waals surface area (Å²) in [7, 11) is 0. The molecular formula is C17H15NO2. The molecule has 100 valence electrons. The molecule has 2 aromatic carbocycles. The van der Waals surface area contributed by atoms with Gasteiger partial charge in [0.05, 0.1) is 18.6 Å². The second-order valence-corrected chi connectivity index (χ2v) is 4.52. The number of benzene rings is 2.